The summed E-state index contributed by atoms with van der Waals surface area (Å²) < 4.78 is 47.0. The molecule has 8 nitrogen and oxygen atoms in total. The van der Waals surface area contributed by atoms with Crippen LogP contribution in [0.4, 0.5) is 0 Å². The molecule has 0 amide bonds. The SMILES string of the molecule is CCO[C@H](COc1ccc(Cc2cc([C@@H]3O[C@H](COCc4ccccc4)[C@@H](OCc4ccccc4)[C@H](OCc4ccccc4)[C@H]3OCc3ccccc3)ccc2Cl)cc1)CN1CCCCC1. The van der Waals surface area contributed by atoms with Gasteiger partial charge in [0.05, 0.1) is 33.0 Å². The maximum atomic E-state index is 7.24. The molecular weight excluding hydrogens is 846 g/mol. The van der Waals surface area contributed by atoms with Crippen molar-refractivity contribution in [1.29, 1.82) is 0 Å². The van der Waals surface area contributed by atoms with E-state index in [1.54, 1.807) is 0 Å². The Morgan fingerprint density at radius 3 is 1.71 bits per heavy atom. The highest BCUT2D eigenvalue weighted by molar-refractivity contribution is 6.31. The van der Waals surface area contributed by atoms with Crippen LogP contribution in [-0.2, 0) is 61.3 Å². The van der Waals surface area contributed by atoms with Gasteiger partial charge in [-0.25, -0.2) is 0 Å². The van der Waals surface area contributed by atoms with Gasteiger partial charge in [0.15, 0.2) is 0 Å². The molecule has 6 aromatic carbocycles. The average Bonchev–Trinajstić information content (AvgIpc) is 3.36. The van der Waals surface area contributed by atoms with E-state index in [-0.39, 0.29) is 12.7 Å². The number of benzene rings is 6. The van der Waals surface area contributed by atoms with E-state index >= 15 is 0 Å². The first kappa shape index (κ1) is 47.6. The Morgan fingerprint density at radius 2 is 1.14 bits per heavy atom. The lowest BCUT2D eigenvalue weighted by Gasteiger charge is -2.46. The van der Waals surface area contributed by atoms with Gasteiger partial charge in [-0.3, -0.25) is 0 Å². The lowest BCUT2D eigenvalue weighted by molar-refractivity contribution is -0.275. The fraction of sp³-hybridized carbons (Fsp3) is 0.368. The van der Waals surface area contributed by atoms with Crippen LogP contribution in [0.5, 0.6) is 5.75 Å². The third kappa shape index (κ3) is 14.1. The van der Waals surface area contributed by atoms with Crippen LogP contribution in [0.25, 0.3) is 0 Å². The summed E-state index contributed by atoms with van der Waals surface area (Å²) in [6.07, 6.45) is 1.76. The molecule has 0 aliphatic carbocycles. The molecule has 9 heteroatoms. The van der Waals surface area contributed by atoms with Gasteiger partial charge in [0.1, 0.15) is 49.0 Å². The van der Waals surface area contributed by atoms with Gasteiger partial charge in [0.2, 0.25) is 0 Å². The molecule has 0 bridgehead atoms. The topological polar surface area (TPSA) is 67.9 Å². The van der Waals surface area contributed by atoms with E-state index in [0.717, 1.165) is 64.3 Å². The lowest BCUT2D eigenvalue weighted by Crippen LogP contribution is -2.58. The van der Waals surface area contributed by atoms with E-state index in [4.69, 9.17) is 44.8 Å². The van der Waals surface area contributed by atoms with E-state index in [1.807, 2.05) is 104 Å². The van der Waals surface area contributed by atoms with Crippen molar-refractivity contribution in [2.75, 3.05) is 39.5 Å². The quantitative estimate of drug-likeness (QED) is 0.0630. The van der Waals surface area contributed by atoms with Crippen LogP contribution in [0.15, 0.2) is 164 Å². The number of hydrogen-bond donors (Lipinski definition) is 0. The van der Waals surface area contributed by atoms with Crippen molar-refractivity contribution in [3.8, 4) is 5.75 Å². The number of ether oxygens (including phenoxy) is 7. The number of hydrogen-bond acceptors (Lipinski definition) is 8. The van der Waals surface area contributed by atoms with E-state index in [2.05, 4.69) is 71.6 Å². The summed E-state index contributed by atoms with van der Waals surface area (Å²) in [6.45, 7) is 8.18. The van der Waals surface area contributed by atoms with Crippen molar-refractivity contribution in [3.63, 3.8) is 0 Å². The minimum Gasteiger partial charge on any atom is -0.491 e. The second-order valence-corrected chi connectivity index (χ2v) is 17.7. The van der Waals surface area contributed by atoms with Crippen LogP contribution in [-0.4, -0.2) is 74.9 Å². The van der Waals surface area contributed by atoms with Crippen molar-refractivity contribution in [2.45, 2.75) is 95.7 Å². The molecule has 2 fully saturated rings. The second-order valence-electron chi connectivity index (χ2n) is 17.3. The number of halogens is 1. The Balaban J connectivity index is 1.06. The van der Waals surface area contributed by atoms with Crippen molar-refractivity contribution >= 4 is 11.6 Å². The molecule has 0 aromatic heterocycles. The van der Waals surface area contributed by atoms with Crippen molar-refractivity contribution in [3.05, 3.63) is 208 Å². The molecule has 6 atom stereocenters. The monoisotopic (exact) mass is 909 g/mol. The second kappa shape index (κ2) is 25.3. The van der Waals surface area contributed by atoms with Crippen LogP contribution in [0.1, 0.15) is 71.2 Å². The largest absolute Gasteiger partial charge is 0.491 e. The van der Waals surface area contributed by atoms with Crippen LogP contribution in [0, 0.1) is 0 Å². The third-order valence-corrected chi connectivity index (χ3v) is 12.7. The van der Waals surface area contributed by atoms with E-state index < -0.39 is 30.5 Å². The Kier molecular flexibility index (Phi) is 18.3. The molecule has 66 heavy (non-hydrogen) atoms. The molecular formula is C57H64ClNO7. The molecule has 2 saturated heterocycles. The first-order valence-corrected chi connectivity index (χ1v) is 24.0. The van der Waals surface area contributed by atoms with Crippen LogP contribution < -0.4 is 4.74 Å². The summed E-state index contributed by atoms with van der Waals surface area (Å²) in [5.41, 5.74) is 7.26. The number of nitrogens with zero attached hydrogens (tertiary/aromatic N) is 1. The molecule has 0 saturated carbocycles. The lowest BCUT2D eigenvalue weighted by atomic mass is 9.89. The zero-order valence-corrected chi connectivity index (χ0v) is 38.9. The maximum Gasteiger partial charge on any atom is 0.119 e. The molecule has 0 N–H and O–H groups in total. The minimum absolute atomic E-state index is 0.0286. The summed E-state index contributed by atoms with van der Waals surface area (Å²) >= 11 is 7.03. The van der Waals surface area contributed by atoms with E-state index in [1.165, 1.54) is 19.3 Å². The summed E-state index contributed by atoms with van der Waals surface area (Å²) in [4.78, 5) is 2.50. The molecule has 8 rings (SSSR count). The highest BCUT2D eigenvalue weighted by Gasteiger charge is 2.49. The molecule has 2 heterocycles. The van der Waals surface area contributed by atoms with Gasteiger partial charge in [-0.1, -0.05) is 164 Å². The zero-order valence-electron chi connectivity index (χ0n) is 38.1. The predicted octanol–water partition coefficient (Wildman–Crippen LogP) is 11.6. The summed E-state index contributed by atoms with van der Waals surface area (Å²) in [5, 5.41) is 0.678. The van der Waals surface area contributed by atoms with E-state index in [0.29, 0.717) is 51.1 Å². The van der Waals surface area contributed by atoms with Gasteiger partial charge in [0.25, 0.3) is 0 Å². The predicted molar refractivity (Wildman–Crippen MR) is 261 cm³/mol. The number of piperidine rings is 1. The number of rotatable bonds is 23. The molecule has 2 aliphatic rings. The fourth-order valence-electron chi connectivity index (χ4n) is 8.90. The van der Waals surface area contributed by atoms with Gasteiger partial charge in [0, 0.05) is 18.2 Å². The van der Waals surface area contributed by atoms with Gasteiger partial charge < -0.3 is 38.1 Å². The van der Waals surface area contributed by atoms with Crippen LogP contribution in [0.3, 0.4) is 0 Å². The summed E-state index contributed by atoms with van der Waals surface area (Å²) in [7, 11) is 0. The Morgan fingerprint density at radius 1 is 0.591 bits per heavy atom. The standard InChI is InChI=1S/C57H64ClNO7/c1-2-61-51(36-59-32-16-7-17-33-59)41-62-50-29-26-43(27-30-50)34-49-35-48(28-31-52(49)58)54-56(64-39-46-22-12-5-13-23-46)57(65-40-47-24-14-6-15-25-47)55(63-38-45-20-10-4-11-21-45)53(66-54)42-60-37-44-18-8-3-9-19-44/h3-6,8-15,18-31,35,51,53-57H,2,7,16-17,32-34,36-42H2,1H3/t51-,53+,54-,55+,56-,57-/m0/s1. The summed E-state index contributed by atoms with van der Waals surface area (Å²) in [5.74, 6) is 0.821. The van der Waals surface area contributed by atoms with Crippen molar-refractivity contribution < 1.29 is 33.2 Å². The Labute approximate surface area is 396 Å². The minimum atomic E-state index is -0.569. The molecule has 0 unspecified atom stereocenters. The highest BCUT2D eigenvalue weighted by atomic mass is 35.5. The molecule has 346 valence electrons. The number of likely N-dealkylation sites (tertiary alicyclic amines) is 1. The fourth-order valence-corrected chi connectivity index (χ4v) is 9.08. The maximum absolute atomic E-state index is 7.24. The van der Waals surface area contributed by atoms with Gasteiger partial charge in [-0.05, 0) is 96.4 Å². The smallest absolute Gasteiger partial charge is 0.119 e. The van der Waals surface area contributed by atoms with Crippen molar-refractivity contribution in [1.82, 2.24) is 4.90 Å². The van der Waals surface area contributed by atoms with Gasteiger partial charge in [-0.15, -0.1) is 0 Å². The third-order valence-electron chi connectivity index (χ3n) is 12.3. The van der Waals surface area contributed by atoms with E-state index in [9.17, 15) is 0 Å². The summed E-state index contributed by atoms with van der Waals surface area (Å²) in [6, 6.07) is 55.3. The highest BCUT2D eigenvalue weighted by Crippen LogP contribution is 2.40. The van der Waals surface area contributed by atoms with Crippen LogP contribution in [0.2, 0.25) is 5.02 Å². The molecule has 2 aliphatic heterocycles. The first-order chi connectivity index (χ1) is 32.6. The van der Waals surface area contributed by atoms with Gasteiger partial charge in [-0.2, -0.15) is 0 Å². The Hall–Kier alpha value is -4.87. The average molecular weight is 911 g/mol. The van der Waals surface area contributed by atoms with Gasteiger partial charge >= 0.3 is 0 Å². The molecule has 6 aromatic rings. The molecule has 0 spiro atoms. The van der Waals surface area contributed by atoms with Crippen LogP contribution >= 0.6 is 11.6 Å². The molecule has 0 radical (unpaired) electrons. The zero-order chi connectivity index (χ0) is 45.2. The van der Waals surface area contributed by atoms with Crippen molar-refractivity contribution in [2.24, 2.45) is 0 Å². The first-order valence-electron chi connectivity index (χ1n) is 23.7. The Bertz CT molecular complexity index is 2280. The normalized spacial score (nSPS) is 20.5.